The molecule has 3 aromatic carbocycles. The van der Waals surface area contributed by atoms with Crippen LogP contribution in [-0.2, 0) is 16.1 Å². The van der Waals surface area contributed by atoms with Crippen molar-refractivity contribution >= 4 is 34.2 Å². The predicted octanol–water partition coefficient (Wildman–Crippen LogP) is 3.84. The number of carbonyl (C=O) groups excluding carboxylic acids is 3. The van der Waals surface area contributed by atoms with Gasteiger partial charge in [-0.2, -0.15) is 0 Å². The van der Waals surface area contributed by atoms with Crippen LogP contribution in [0.2, 0.25) is 0 Å². The van der Waals surface area contributed by atoms with Gasteiger partial charge in [0.25, 0.3) is 5.91 Å². The number of fused-ring (bicyclic) bond motifs is 1. The van der Waals surface area contributed by atoms with Crippen molar-refractivity contribution in [3.8, 4) is 5.75 Å². The number of anilines is 1. The topological polar surface area (TPSA) is 101 Å². The first-order chi connectivity index (χ1) is 17.0. The number of rotatable bonds is 9. The summed E-state index contributed by atoms with van der Waals surface area (Å²) in [7, 11) is 1.56. The van der Waals surface area contributed by atoms with Crippen LogP contribution in [0.15, 0.2) is 89.5 Å². The number of amides is 3. The first kappa shape index (κ1) is 23.6. The van der Waals surface area contributed by atoms with Gasteiger partial charge in [0.1, 0.15) is 18.1 Å². The molecular weight excluding hydrogens is 446 g/mol. The summed E-state index contributed by atoms with van der Waals surface area (Å²) < 4.78 is 10.5. The summed E-state index contributed by atoms with van der Waals surface area (Å²) in [4.78, 5) is 39.8. The molecule has 4 aromatic rings. The first-order valence-electron chi connectivity index (χ1n) is 11.0. The van der Waals surface area contributed by atoms with E-state index in [1.807, 2.05) is 36.4 Å². The van der Waals surface area contributed by atoms with Gasteiger partial charge in [-0.25, -0.2) is 0 Å². The zero-order chi connectivity index (χ0) is 24.6. The summed E-state index contributed by atoms with van der Waals surface area (Å²) in [5.41, 5.74) is 1.07. The Bertz CT molecular complexity index is 1310. The lowest BCUT2D eigenvalue weighted by Gasteiger charge is -2.22. The van der Waals surface area contributed by atoms with Gasteiger partial charge in [-0.1, -0.05) is 36.4 Å². The van der Waals surface area contributed by atoms with Crippen molar-refractivity contribution in [1.29, 1.82) is 0 Å². The van der Waals surface area contributed by atoms with Gasteiger partial charge in [0.05, 0.1) is 26.5 Å². The molecule has 0 bridgehead atoms. The fourth-order valence-electron chi connectivity index (χ4n) is 3.66. The first-order valence-corrected chi connectivity index (χ1v) is 11.0. The highest BCUT2D eigenvalue weighted by Crippen LogP contribution is 2.21. The second-order valence-electron chi connectivity index (χ2n) is 7.82. The number of methoxy groups -OCH3 is 1. The SMILES string of the molecule is COc1ccc(NC(=O)CNC(=O)CN(Cc2ccco2)C(=O)c2cccc3ccccc23)cc1. The largest absolute Gasteiger partial charge is 0.497 e. The Balaban J connectivity index is 1.42. The van der Waals surface area contributed by atoms with E-state index in [2.05, 4.69) is 10.6 Å². The van der Waals surface area contributed by atoms with Crippen molar-refractivity contribution in [2.45, 2.75) is 6.54 Å². The number of nitrogens with one attached hydrogen (secondary N) is 2. The van der Waals surface area contributed by atoms with Crippen LogP contribution < -0.4 is 15.4 Å². The van der Waals surface area contributed by atoms with Crippen LogP contribution in [0.3, 0.4) is 0 Å². The predicted molar refractivity (Wildman–Crippen MR) is 132 cm³/mol. The molecule has 1 heterocycles. The van der Waals surface area contributed by atoms with Crippen LogP contribution >= 0.6 is 0 Å². The molecule has 0 saturated carbocycles. The fourth-order valence-corrected chi connectivity index (χ4v) is 3.66. The molecule has 35 heavy (non-hydrogen) atoms. The Labute approximate surface area is 202 Å². The van der Waals surface area contributed by atoms with E-state index in [0.717, 1.165) is 10.8 Å². The quantitative estimate of drug-likeness (QED) is 0.386. The Morgan fingerprint density at radius 2 is 1.66 bits per heavy atom. The molecule has 0 aliphatic carbocycles. The minimum atomic E-state index is -0.463. The molecule has 0 fully saturated rings. The second-order valence-corrected chi connectivity index (χ2v) is 7.82. The summed E-state index contributed by atoms with van der Waals surface area (Å²) in [6, 6.07) is 23.3. The van der Waals surface area contributed by atoms with Crippen LogP contribution in [0.25, 0.3) is 10.8 Å². The van der Waals surface area contributed by atoms with Crippen LogP contribution in [0, 0.1) is 0 Å². The van der Waals surface area contributed by atoms with Gasteiger partial charge in [-0.15, -0.1) is 0 Å². The summed E-state index contributed by atoms with van der Waals surface area (Å²) in [6.45, 7) is -0.360. The van der Waals surface area contributed by atoms with Gasteiger partial charge >= 0.3 is 0 Å². The van der Waals surface area contributed by atoms with Gasteiger partial charge in [-0.3, -0.25) is 14.4 Å². The molecule has 0 atom stereocenters. The molecule has 0 saturated heterocycles. The maximum atomic E-state index is 13.5. The number of hydrogen-bond donors (Lipinski definition) is 2. The van der Waals surface area contributed by atoms with Crippen LogP contribution in [0.1, 0.15) is 16.1 Å². The Hall–Kier alpha value is -4.59. The van der Waals surface area contributed by atoms with Gasteiger partial charge in [0.2, 0.25) is 11.8 Å². The number of ether oxygens (including phenoxy) is 1. The zero-order valence-electron chi connectivity index (χ0n) is 19.2. The lowest BCUT2D eigenvalue weighted by atomic mass is 10.0. The van der Waals surface area contributed by atoms with E-state index < -0.39 is 5.91 Å². The third-order valence-electron chi connectivity index (χ3n) is 5.39. The highest BCUT2D eigenvalue weighted by molar-refractivity contribution is 6.07. The third kappa shape index (κ3) is 6.05. The second kappa shape index (κ2) is 11.0. The molecule has 1 aromatic heterocycles. The molecule has 0 aliphatic rings. The molecule has 0 radical (unpaired) electrons. The van der Waals surface area contributed by atoms with Crippen LogP contribution in [0.5, 0.6) is 5.75 Å². The Kier molecular flexibility index (Phi) is 7.42. The van der Waals surface area contributed by atoms with E-state index in [4.69, 9.17) is 9.15 Å². The number of benzene rings is 3. The van der Waals surface area contributed by atoms with Gasteiger partial charge in [0.15, 0.2) is 0 Å². The van der Waals surface area contributed by atoms with Gasteiger partial charge in [0, 0.05) is 11.3 Å². The minimum absolute atomic E-state index is 0.112. The molecule has 8 nitrogen and oxygen atoms in total. The van der Waals surface area contributed by atoms with Crippen molar-refractivity contribution in [3.05, 3.63) is 96.4 Å². The lowest BCUT2D eigenvalue weighted by molar-refractivity contribution is -0.124. The molecule has 8 heteroatoms. The summed E-state index contributed by atoms with van der Waals surface area (Å²) in [6.07, 6.45) is 1.51. The van der Waals surface area contributed by atoms with Crippen molar-refractivity contribution < 1.29 is 23.5 Å². The van der Waals surface area contributed by atoms with E-state index in [-0.39, 0.29) is 31.4 Å². The van der Waals surface area contributed by atoms with Crippen molar-refractivity contribution in [1.82, 2.24) is 10.2 Å². The maximum absolute atomic E-state index is 13.5. The molecule has 178 valence electrons. The maximum Gasteiger partial charge on any atom is 0.255 e. The van der Waals surface area contributed by atoms with Crippen molar-refractivity contribution in [2.24, 2.45) is 0 Å². The van der Waals surface area contributed by atoms with E-state index >= 15 is 0 Å². The number of carbonyl (C=O) groups is 3. The molecule has 3 amide bonds. The van der Waals surface area contributed by atoms with E-state index in [9.17, 15) is 14.4 Å². The highest BCUT2D eigenvalue weighted by atomic mass is 16.5. The van der Waals surface area contributed by atoms with Crippen LogP contribution in [-0.4, -0.2) is 42.8 Å². The molecule has 2 N–H and O–H groups in total. The molecule has 4 rings (SSSR count). The monoisotopic (exact) mass is 471 g/mol. The number of furan rings is 1. The fraction of sp³-hybridized carbons (Fsp3) is 0.148. The van der Waals surface area contributed by atoms with E-state index in [0.29, 0.717) is 22.8 Å². The van der Waals surface area contributed by atoms with Crippen molar-refractivity contribution in [2.75, 3.05) is 25.5 Å². The molecule has 0 aliphatic heterocycles. The summed E-state index contributed by atoms with van der Waals surface area (Å²) in [5.74, 6) is 0.0555. The minimum Gasteiger partial charge on any atom is -0.497 e. The Morgan fingerprint density at radius 3 is 2.40 bits per heavy atom. The third-order valence-corrected chi connectivity index (χ3v) is 5.39. The van der Waals surface area contributed by atoms with Gasteiger partial charge in [-0.05, 0) is 53.2 Å². The lowest BCUT2D eigenvalue weighted by Crippen LogP contribution is -2.42. The molecule has 0 spiro atoms. The normalized spacial score (nSPS) is 10.5. The van der Waals surface area contributed by atoms with Gasteiger partial charge < -0.3 is 24.7 Å². The number of nitrogens with zero attached hydrogens (tertiary/aromatic N) is 1. The van der Waals surface area contributed by atoms with E-state index in [1.165, 1.54) is 11.2 Å². The molecule has 0 unspecified atom stereocenters. The Morgan fingerprint density at radius 1 is 0.886 bits per heavy atom. The standard InChI is InChI=1S/C27H25N3O5/c1-34-21-13-11-20(12-14-21)29-25(31)16-28-26(32)18-30(17-22-8-5-15-35-22)27(33)24-10-4-7-19-6-2-3-9-23(19)24/h2-15H,16-18H2,1H3,(H,28,32)(H,29,31). The average Bonchev–Trinajstić information content (AvgIpc) is 3.40. The van der Waals surface area contributed by atoms with E-state index in [1.54, 1.807) is 49.6 Å². The van der Waals surface area contributed by atoms with Crippen LogP contribution in [0.4, 0.5) is 5.69 Å². The smallest absolute Gasteiger partial charge is 0.255 e. The number of hydrogen-bond acceptors (Lipinski definition) is 5. The summed E-state index contributed by atoms with van der Waals surface area (Å²) in [5, 5.41) is 7.00. The zero-order valence-corrected chi connectivity index (χ0v) is 19.2. The van der Waals surface area contributed by atoms with Crippen molar-refractivity contribution in [3.63, 3.8) is 0 Å². The average molecular weight is 472 g/mol. The highest BCUT2D eigenvalue weighted by Gasteiger charge is 2.22. The molecular formula is C27H25N3O5. The summed E-state index contributed by atoms with van der Waals surface area (Å²) >= 11 is 0.